The van der Waals surface area contributed by atoms with E-state index in [9.17, 15) is 4.79 Å². The third-order valence-corrected chi connectivity index (χ3v) is 1.99. The molecule has 3 radical (unpaired) electrons. The van der Waals surface area contributed by atoms with Crippen molar-refractivity contribution < 1.29 is 9.90 Å². The van der Waals surface area contributed by atoms with Gasteiger partial charge in [-0.15, -0.1) is 0 Å². The van der Waals surface area contributed by atoms with E-state index in [1.54, 1.807) is 0 Å². The minimum absolute atomic E-state index is 0. The minimum atomic E-state index is -0.663. The summed E-state index contributed by atoms with van der Waals surface area (Å²) in [5, 5.41) is 8.35. The van der Waals surface area contributed by atoms with Crippen LogP contribution in [0.1, 0.15) is 58.3 Å². The molecule has 0 aliphatic carbocycles. The maximum absolute atomic E-state index is 10.1. The molecule has 0 heterocycles. The van der Waals surface area contributed by atoms with Crippen molar-refractivity contribution in [3.8, 4) is 0 Å². The van der Waals surface area contributed by atoms with Gasteiger partial charge in [0.25, 0.3) is 0 Å². The molecule has 0 bridgehead atoms. The Bertz CT molecular complexity index is 115. The van der Waals surface area contributed by atoms with Crippen LogP contribution >= 0.6 is 0 Å². The van der Waals surface area contributed by atoms with Gasteiger partial charge >= 0.3 is 5.97 Å². The molecule has 13 heavy (non-hydrogen) atoms. The molecule has 0 amide bonds. The summed E-state index contributed by atoms with van der Waals surface area (Å²) in [7, 11) is 0. The van der Waals surface area contributed by atoms with Crippen LogP contribution in [0, 0.1) is 0 Å². The van der Waals surface area contributed by atoms with Gasteiger partial charge in [0.1, 0.15) is 0 Å². The molecule has 0 spiro atoms. The molecule has 0 atom stereocenters. The Kier molecular flexibility index (Phi) is 15.0. The van der Waals surface area contributed by atoms with Gasteiger partial charge in [0.2, 0.25) is 0 Å². The predicted molar refractivity (Wildman–Crippen MR) is 56.0 cm³/mol. The van der Waals surface area contributed by atoms with Crippen LogP contribution in [0.2, 0.25) is 0 Å². The molecule has 0 rings (SSSR count). The summed E-state index contributed by atoms with van der Waals surface area (Å²) in [5.74, 6) is -0.663. The fraction of sp³-hybridized carbons (Fsp3) is 0.900. The SMILES string of the molecule is CCCCCCCCCC(=O)O.[Bi]. The van der Waals surface area contributed by atoms with Crippen LogP contribution in [-0.2, 0) is 4.79 Å². The van der Waals surface area contributed by atoms with Crippen LogP contribution in [0.25, 0.3) is 0 Å². The number of unbranched alkanes of at least 4 members (excludes halogenated alkanes) is 6. The first-order valence-electron chi connectivity index (χ1n) is 4.99. The van der Waals surface area contributed by atoms with Crippen molar-refractivity contribution in [3.05, 3.63) is 0 Å². The Balaban J connectivity index is 0. The Hall–Kier alpha value is 0.353. The Morgan fingerprint density at radius 2 is 1.46 bits per heavy atom. The average Bonchev–Trinajstić information content (AvgIpc) is 2.02. The molecule has 0 aromatic rings. The summed E-state index contributed by atoms with van der Waals surface area (Å²) in [6, 6.07) is 0. The van der Waals surface area contributed by atoms with Crippen molar-refractivity contribution in [2.75, 3.05) is 0 Å². The topological polar surface area (TPSA) is 37.3 Å². The van der Waals surface area contributed by atoms with Gasteiger partial charge in [-0.25, -0.2) is 0 Å². The second-order valence-electron chi connectivity index (χ2n) is 3.27. The third kappa shape index (κ3) is 15.1. The number of hydrogen-bond acceptors (Lipinski definition) is 1. The second kappa shape index (κ2) is 12.4. The van der Waals surface area contributed by atoms with Gasteiger partial charge in [-0.3, -0.25) is 4.79 Å². The van der Waals surface area contributed by atoms with Crippen molar-refractivity contribution in [1.82, 2.24) is 0 Å². The van der Waals surface area contributed by atoms with Crippen LogP contribution in [0.3, 0.4) is 0 Å². The van der Waals surface area contributed by atoms with Gasteiger partial charge in [0, 0.05) is 32.6 Å². The maximum Gasteiger partial charge on any atom is 0.303 e. The minimum Gasteiger partial charge on any atom is -0.481 e. The van der Waals surface area contributed by atoms with Crippen molar-refractivity contribution in [2.45, 2.75) is 58.3 Å². The molecule has 0 aromatic carbocycles. The predicted octanol–water partition coefficient (Wildman–Crippen LogP) is 2.83. The van der Waals surface area contributed by atoms with Crippen molar-refractivity contribution in [3.63, 3.8) is 0 Å². The van der Waals surface area contributed by atoms with Gasteiger partial charge in [-0.1, -0.05) is 45.4 Å². The number of carboxylic acids is 1. The average molecular weight is 381 g/mol. The molecule has 0 saturated carbocycles. The molecule has 0 fully saturated rings. The van der Waals surface area contributed by atoms with Crippen LogP contribution < -0.4 is 0 Å². The van der Waals surface area contributed by atoms with E-state index < -0.39 is 5.97 Å². The standard InChI is InChI=1S/C10H20O2.Bi/c1-2-3-4-5-6-7-8-9-10(11)12;/h2-9H2,1H3,(H,11,12);. The number of rotatable bonds is 8. The molecule has 0 saturated heterocycles. The zero-order valence-electron chi connectivity index (χ0n) is 8.46. The number of carboxylic acid groups (broad SMARTS) is 1. The summed E-state index contributed by atoms with van der Waals surface area (Å²) in [6.07, 6.45) is 8.64. The van der Waals surface area contributed by atoms with E-state index >= 15 is 0 Å². The summed E-state index contributed by atoms with van der Waals surface area (Å²) in [6.45, 7) is 2.20. The molecule has 0 aliphatic rings. The molecular formula is C10H20BiO2. The van der Waals surface area contributed by atoms with Gasteiger partial charge in [0.15, 0.2) is 0 Å². The fourth-order valence-corrected chi connectivity index (χ4v) is 1.23. The van der Waals surface area contributed by atoms with Crippen LogP contribution in [0.15, 0.2) is 0 Å². The first-order valence-corrected chi connectivity index (χ1v) is 4.99. The molecule has 3 heteroatoms. The molecule has 77 valence electrons. The molecule has 2 nitrogen and oxygen atoms in total. The van der Waals surface area contributed by atoms with E-state index in [2.05, 4.69) is 6.92 Å². The monoisotopic (exact) mass is 381 g/mol. The number of aliphatic carboxylic acids is 1. The Labute approximate surface area is 100 Å². The molecule has 0 aromatic heterocycles. The Morgan fingerprint density at radius 3 is 1.92 bits per heavy atom. The van der Waals surface area contributed by atoms with E-state index in [4.69, 9.17) is 5.11 Å². The second-order valence-corrected chi connectivity index (χ2v) is 3.27. The maximum atomic E-state index is 10.1. The summed E-state index contributed by atoms with van der Waals surface area (Å²) >= 11 is 0. The number of carbonyl (C=O) groups is 1. The quantitative estimate of drug-likeness (QED) is 0.519. The largest absolute Gasteiger partial charge is 0.481 e. The molecule has 0 unspecified atom stereocenters. The zero-order valence-corrected chi connectivity index (χ0v) is 11.9. The van der Waals surface area contributed by atoms with E-state index in [1.807, 2.05) is 0 Å². The first kappa shape index (κ1) is 15.8. The normalized spacial score (nSPS) is 9.31. The third-order valence-electron chi connectivity index (χ3n) is 1.99. The molecule has 1 N–H and O–H groups in total. The number of hydrogen-bond donors (Lipinski definition) is 1. The summed E-state index contributed by atoms with van der Waals surface area (Å²) in [4.78, 5) is 10.1. The van der Waals surface area contributed by atoms with Gasteiger partial charge < -0.3 is 5.11 Å². The van der Waals surface area contributed by atoms with Crippen molar-refractivity contribution in [2.24, 2.45) is 0 Å². The van der Waals surface area contributed by atoms with E-state index in [0.29, 0.717) is 6.42 Å². The first-order chi connectivity index (χ1) is 5.77. The zero-order chi connectivity index (χ0) is 9.23. The van der Waals surface area contributed by atoms with E-state index in [1.165, 1.54) is 32.1 Å². The van der Waals surface area contributed by atoms with Gasteiger partial charge in [-0.05, 0) is 6.42 Å². The molecular weight excluding hydrogens is 361 g/mol. The Morgan fingerprint density at radius 1 is 1.00 bits per heavy atom. The van der Waals surface area contributed by atoms with Gasteiger partial charge in [-0.2, -0.15) is 0 Å². The van der Waals surface area contributed by atoms with Crippen LogP contribution in [-0.4, -0.2) is 37.3 Å². The van der Waals surface area contributed by atoms with Crippen molar-refractivity contribution >= 4 is 32.2 Å². The molecule has 0 aliphatic heterocycles. The van der Waals surface area contributed by atoms with E-state index in [-0.39, 0.29) is 26.2 Å². The van der Waals surface area contributed by atoms with Gasteiger partial charge in [0.05, 0.1) is 0 Å². The van der Waals surface area contributed by atoms with Crippen LogP contribution in [0.5, 0.6) is 0 Å². The van der Waals surface area contributed by atoms with E-state index in [0.717, 1.165) is 12.8 Å². The van der Waals surface area contributed by atoms with Crippen LogP contribution in [0.4, 0.5) is 0 Å². The summed E-state index contributed by atoms with van der Waals surface area (Å²) < 4.78 is 0. The fourth-order valence-electron chi connectivity index (χ4n) is 1.23. The summed E-state index contributed by atoms with van der Waals surface area (Å²) in [5.41, 5.74) is 0. The van der Waals surface area contributed by atoms with Crippen molar-refractivity contribution in [1.29, 1.82) is 0 Å². The smallest absolute Gasteiger partial charge is 0.303 e.